The van der Waals surface area contributed by atoms with Crippen LogP contribution in [-0.2, 0) is 37.2 Å². The van der Waals surface area contributed by atoms with Gasteiger partial charge in [-0.2, -0.15) is 0 Å². The zero-order valence-corrected chi connectivity index (χ0v) is 17.6. The van der Waals surface area contributed by atoms with Crippen LogP contribution >= 0.6 is 12.2 Å². The second-order valence-electron chi connectivity index (χ2n) is 7.43. The summed E-state index contributed by atoms with van der Waals surface area (Å²) >= 11 is 5.19. The average molecular weight is 424 g/mol. The molecule has 0 spiro atoms. The molecule has 1 N–H and O–H groups in total. The maximum absolute atomic E-state index is 12.2. The molecule has 30 heavy (non-hydrogen) atoms. The van der Waals surface area contributed by atoms with Gasteiger partial charge in [-0.25, -0.2) is 4.68 Å². The fourth-order valence-electron chi connectivity index (χ4n) is 3.64. The number of ether oxygens (including phenoxy) is 1. The van der Waals surface area contributed by atoms with E-state index in [1.807, 2.05) is 36.4 Å². The van der Waals surface area contributed by atoms with E-state index in [1.54, 1.807) is 0 Å². The Kier molecular flexibility index (Phi) is 6.59. The number of hydrogen-bond acceptors (Lipinski definition) is 5. The van der Waals surface area contributed by atoms with Crippen LogP contribution in [0.4, 0.5) is 0 Å². The van der Waals surface area contributed by atoms with Gasteiger partial charge in [0.15, 0.2) is 6.61 Å². The van der Waals surface area contributed by atoms with Crippen molar-refractivity contribution < 1.29 is 13.9 Å². The van der Waals surface area contributed by atoms with E-state index in [4.69, 9.17) is 21.4 Å². The highest BCUT2D eigenvalue weighted by Gasteiger charge is 2.12. The summed E-state index contributed by atoms with van der Waals surface area (Å²) in [5.41, 5.74) is 3.95. The van der Waals surface area contributed by atoms with Crippen molar-refractivity contribution in [2.24, 2.45) is 0 Å². The normalized spacial score (nSPS) is 12.9. The molecule has 2 aromatic carbocycles. The van der Waals surface area contributed by atoms with Crippen LogP contribution in [0, 0.1) is 4.84 Å². The maximum atomic E-state index is 12.2. The van der Waals surface area contributed by atoms with Crippen LogP contribution in [-0.4, -0.2) is 22.2 Å². The minimum absolute atomic E-state index is 0.0238. The Morgan fingerprint density at radius 3 is 2.77 bits per heavy atom. The van der Waals surface area contributed by atoms with Crippen molar-refractivity contribution in [3.05, 3.63) is 75.9 Å². The van der Waals surface area contributed by atoms with E-state index in [-0.39, 0.29) is 23.9 Å². The molecule has 4 rings (SSSR count). The molecular formula is C23H25N3O3S. The van der Waals surface area contributed by atoms with E-state index in [0.717, 1.165) is 25.0 Å². The molecule has 0 radical (unpaired) electrons. The van der Waals surface area contributed by atoms with E-state index in [2.05, 4.69) is 22.5 Å². The number of nitrogens with one attached hydrogen (secondary N) is 1. The van der Waals surface area contributed by atoms with E-state index in [0.29, 0.717) is 12.4 Å². The van der Waals surface area contributed by atoms with E-state index in [9.17, 15) is 4.79 Å². The lowest BCUT2D eigenvalue weighted by atomic mass is 9.92. The Bertz CT molecular complexity index is 1060. The summed E-state index contributed by atoms with van der Waals surface area (Å²) in [7, 11) is 0. The quantitative estimate of drug-likeness (QED) is 0.554. The van der Waals surface area contributed by atoms with Crippen molar-refractivity contribution >= 4 is 18.1 Å². The summed E-state index contributed by atoms with van der Waals surface area (Å²) < 4.78 is 12.7. The van der Waals surface area contributed by atoms with Gasteiger partial charge in [0.1, 0.15) is 12.3 Å². The molecule has 3 aromatic rings. The van der Waals surface area contributed by atoms with E-state index < -0.39 is 0 Å². The smallest absolute Gasteiger partial charge is 0.287 e. The van der Waals surface area contributed by atoms with E-state index >= 15 is 0 Å². The molecule has 156 valence electrons. The number of benzene rings is 2. The summed E-state index contributed by atoms with van der Waals surface area (Å²) in [5.74, 6) is 0.997. The Morgan fingerprint density at radius 1 is 1.13 bits per heavy atom. The van der Waals surface area contributed by atoms with Crippen LogP contribution in [0.1, 0.15) is 35.4 Å². The molecule has 0 atom stereocenters. The van der Waals surface area contributed by atoms with Gasteiger partial charge in [-0.05, 0) is 73.1 Å². The third-order valence-electron chi connectivity index (χ3n) is 5.20. The summed E-state index contributed by atoms with van der Waals surface area (Å²) in [6.45, 7) is 0.753. The fourth-order valence-corrected chi connectivity index (χ4v) is 3.84. The molecule has 1 heterocycles. The molecule has 1 aliphatic carbocycles. The molecule has 7 heteroatoms. The van der Waals surface area contributed by atoms with Crippen molar-refractivity contribution in [2.75, 3.05) is 6.54 Å². The number of carbonyl (C=O) groups excluding carboxylic acids is 1. The third-order valence-corrected chi connectivity index (χ3v) is 5.50. The predicted octanol–water partition coefficient (Wildman–Crippen LogP) is 4.02. The number of fused-ring (bicyclic) bond motifs is 1. The molecule has 1 amide bonds. The van der Waals surface area contributed by atoms with Gasteiger partial charge >= 0.3 is 0 Å². The Hall–Kier alpha value is -2.93. The highest BCUT2D eigenvalue weighted by molar-refractivity contribution is 7.71. The van der Waals surface area contributed by atoms with Gasteiger partial charge in [-0.1, -0.05) is 36.4 Å². The van der Waals surface area contributed by atoms with Crippen molar-refractivity contribution in [2.45, 2.75) is 45.3 Å². The predicted molar refractivity (Wildman–Crippen MR) is 116 cm³/mol. The number of nitrogens with zero attached hydrogens (tertiary/aromatic N) is 2. The zero-order valence-electron chi connectivity index (χ0n) is 16.8. The first-order valence-corrected chi connectivity index (χ1v) is 10.7. The average Bonchev–Trinajstić information content (AvgIpc) is 3.12. The molecule has 1 aromatic heterocycles. The second-order valence-corrected chi connectivity index (χ2v) is 7.78. The molecule has 6 nitrogen and oxygen atoms in total. The molecule has 0 fully saturated rings. The van der Waals surface area contributed by atoms with Crippen LogP contribution in [0.5, 0.6) is 5.75 Å². The Labute approximate surface area is 180 Å². The van der Waals surface area contributed by atoms with E-state index in [1.165, 1.54) is 34.2 Å². The van der Waals surface area contributed by atoms with Crippen LogP contribution in [0.25, 0.3) is 0 Å². The number of aryl methyl sites for hydroxylation is 2. The van der Waals surface area contributed by atoms with Gasteiger partial charge in [0.05, 0.1) is 0 Å². The van der Waals surface area contributed by atoms with Crippen molar-refractivity contribution in [1.82, 2.24) is 15.1 Å². The first kappa shape index (κ1) is 20.3. The number of hydrogen-bond donors (Lipinski definition) is 1. The minimum atomic E-state index is -0.155. The van der Waals surface area contributed by atoms with Gasteiger partial charge in [-0.15, -0.1) is 5.10 Å². The monoisotopic (exact) mass is 423 g/mol. The highest BCUT2D eigenvalue weighted by Crippen LogP contribution is 2.25. The SMILES string of the molecule is O=C(Cn1nc(COc2ccc3c(c2)CCCC3)oc1=S)NCCc1ccccc1. The topological polar surface area (TPSA) is 69.3 Å². The van der Waals surface area contributed by atoms with Gasteiger partial charge < -0.3 is 14.5 Å². The summed E-state index contributed by atoms with van der Waals surface area (Å²) in [4.78, 5) is 12.4. The lowest BCUT2D eigenvalue weighted by Crippen LogP contribution is -2.29. The largest absolute Gasteiger partial charge is 0.484 e. The molecule has 0 unspecified atom stereocenters. The van der Waals surface area contributed by atoms with Crippen LogP contribution in [0.3, 0.4) is 0 Å². The summed E-state index contributed by atoms with van der Waals surface area (Å²) in [5, 5.41) is 7.16. The Balaban J connectivity index is 1.27. The van der Waals surface area contributed by atoms with Crippen LogP contribution in [0.15, 0.2) is 52.9 Å². The summed E-state index contributed by atoms with van der Waals surface area (Å²) in [6.07, 6.45) is 5.49. The molecular weight excluding hydrogens is 398 g/mol. The lowest BCUT2D eigenvalue weighted by Gasteiger charge is -2.16. The number of aromatic nitrogens is 2. The minimum Gasteiger partial charge on any atom is -0.484 e. The zero-order chi connectivity index (χ0) is 20.8. The Morgan fingerprint density at radius 2 is 1.93 bits per heavy atom. The number of rotatable bonds is 8. The third kappa shape index (κ3) is 5.36. The maximum Gasteiger partial charge on any atom is 0.287 e. The fraction of sp³-hybridized carbons (Fsp3) is 0.348. The number of carbonyl (C=O) groups is 1. The van der Waals surface area contributed by atoms with Crippen molar-refractivity contribution in [3.8, 4) is 5.75 Å². The van der Waals surface area contributed by atoms with Gasteiger partial charge in [-0.3, -0.25) is 4.79 Å². The van der Waals surface area contributed by atoms with Crippen molar-refractivity contribution in [1.29, 1.82) is 0 Å². The first-order chi connectivity index (χ1) is 14.7. The lowest BCUT2D eigenvalue weighted by molar-refractivity contribution is -0.121. The molecule has 0 aliphatic heterocycles. The van der Waals surface area contributed by atoms with Crippen molar-refractivity contribution in [3.63, 3.8) is 0 Å². The standard InChI is InChI=1S/C23H25N3O3S/c27-21(24-13-12-17-6-2-1-3-7-17)15-26-23(30)29-22(25-26)16-28-20-11-10-18-8-4-5-9-19(18)14-20/h1-3,6-7,10-11,14H,4-5,8-9,12-13,15-16H2,(H,24,27). The number of amides is 1. The second kappa shape index (κ2) is 9.71. The van der Waals surface area contributed by atoms with Crippen LogP contribution in [0.2, 0.25) is 0 Å². The molecule has 0 bridgehead atoms. The van der Waals surface area contributed by atoms with Crippen LogP contribution < -0.4 is 10.1 Å². The summed E-state index contributed by atoms with van der Waals surface area (Å²) in [6, 6.07) is 16.2. The first-order valence-electron chi connectivity index (χ1n) is 10.3. The molecule has 0 saturated carbocycles. The van der Waals surface area contributed by atoms with Gasteiger partial charge in [0.2, 0.25) is 5.91 Å². The highest BCUT2D eigenvalue weighted by atomic mass is 32.1. The molecule has 0 saturated heterocycles. The molecule has 1 aliphatic rings. The van der Waals surface area contributed by atoms with Gasteiger partial charge in [0, 0.05) is 6.54 Å². The van der Waals surface area contributed by atoms with Gasteiger partial charge in [0.25, 0.3) is 10.7 Å².